The van der Waals surface area contributed by atoms with Crippen molar-refractivity contribution in [2.75, 3.05) is 6.54 Å². The van der Waals surface area contributed by atoms with Gasteiger partial charge in [0.05, 0.1) is 0 Å². The van der Waals surface area contributed by atoms with E-state index in [1.165, 1.54) is 22.3 Å². The summed E-state index contributed by atoms with van der Waals surface area (Å²) in [4.78, 5) is 0. The largest absolute Gasteiger partial charge is 2.00 e. The smallest absolute Gasteiger partial charge is 0.677 e. The van der Waals surface area contributed by atoms with Gasteiger partial charge in [-0.05, 0) is 19.8 Å². The maximum absolute atomic E-state index is 6.60. The summed E-state index contributed by atoms with van der Waals surface area (Å²) in [6.07, 6.45) is 4.54. The quantitative estimate of drug-likeness (QED) is 0.395. The van der Waals surface area contributed by atoms with Crippen LogP contribution in [-0.2, 0) is 21.7 Å². The number of nitrogens with one attached hydrogen (secondary N) is 1. The van der Waals surface area contributed by atoms with E-state index in [1.54, 1.807) is 0 Å². The zero-order valence-corrected chi connectivity index (χ0v) is 17.8. The van der Waals surface area contributed by atoms with Crippen LogP contribution in [0.25, 0.3) is 11.3 Å². The molecule has 0 heterocycles. The zero-order valence-electron chi connectivity index (χ0n) is 14.6. The van der Waals surface area contributed by atoms with Crippen LogP contribution in [0.3, 0.4) is 0 Å². The number of benzene rings is 1. The Labute approximate surface area is 169 Å². The van der Waals surface area contributed by atoms with Crippen LogP contribution < -0.4 is 0 Å². The Morgan fingerprint density at radius 3 is 2.04 bits per heavy atom. The minimum Gasteiger partial charge on any atom is -0.677 e. The van der Waals surface area contributed by atoms with Gasteiger partial charge in [-0.3, -0.25) is 0 Å². The summed E-state index contributed by atoms with van der Waals surface area (Å²) in [5.74, 6) is 0.521. The van der Waals surface area contributed by atoms with Gasteiger partial charge in [0.15, 0.2) is 0 Å². The van der Waals surface area contributed by atoms with Crippen molar-refractivity contribution in [3.05, 3.63) is 65.3 Å². The van der Waals surface area contributed by atoms with Crippen molar-refractivity contribution < 1.29 is 21.7 Å². The Morgan fingerprint density at radius 1 is 1.13 bits per heavy atom. The van der Waals surface area contributed by atoms with Crippen LogP contribution in [0, 0.1) is 12.8 Å². The third-order valence-electron chi connectivity index (χ3n) is 3.79. The van der Waals surface area contributed by atoms with Crippen molar-refractivity contribution in [1.82, 2.24) is 0 Å². The van der Waals surface area contributed by atoms with Gasteiger partial charge >= 0.3 is 21.7 Å². The standard InChI is InChI=1S/C15H17.C4H10N.2ClH.Ti/c1-10-7-5-6-8-14(10)15-12(3)9-11(2)13(15)4;1-2-3-4-5;;;/h5-9,12H,1H2,2-4H3;5H,2-4H2,1H3;2*1H;/q2*-1;;;+2. The van der Waals surface area contributed by atoms with E-state index >= 15 is 0 Å². The summed E-state index contributed by atoms with van der Waals surface area (Å²) < 4.78 is 0. The van der Waals surface area contributed by atoms with Crippen LogP contribution in [0.1, 0.15) is 51.7 Å². The fourth-order valence-electron chi connectivity index (χ4n) is 2.54. The van der Waals surface area contributed by atoms with E-state index in [0.717, 1.165) is 18.4 Å². The second kappa shape index (κ2) is 14.2. The van der Waals surface area contributed by atoms with Gasteiger partial charge in [0.1, 0.15) is 0 Å². The van der Waals surface area contributed by atoms with Crippen molar-refractivity contribution >= 4 is 30.4 Å². The molecule has 0 aliphatic heterocycles. The first-order valence-electron chi connectivity index (χ1n) is 7.48. The van der Waals surface area contributed by atoms with E-state index in [9.17, 15) is 0 Å². The van der Waals surface area contributed by atoms with Crippen LogP contribution in [0.15, 0.2) is 41.5 Å². The van der Waals surface area contributed by atoms with Gasteiger partial charge in [-0.1, -0.05) is 55.6 Å². The van der Waals surface area contributed by atoms with E-state index in [-0.39, 0.29) is 46.5 Å². The molecule has 0 radical (unpaired) electrons. The van der Waals surface area contributed by atoms with E-state index in [1.807, 2.05) is 6.07 Å². The molecule has 1 unspecified atom stereocenters. The Morgan fingerprint density at radius 2 is 1.70 bits per heavy atom. The predicted octanol–water partition coefficient (Wildman–Crippen LogP) is 6.92. The van der Waals surface area contributed by atoms with E-state index in [0.29, 0.717) is 12.5 Å². The number of unbranched alkanes of at least 4 members (excludes halogenated alkanes) is 1. The van der Waals surface area contributed by atoms with Crippen molar-refractivity contribution in [3.8, 4) is 0 Å². The molecule has 0 saturated heterocycles. The van der Waals surface area contributed by atoms with Crippen molar-refractivity contribution in [3.63, 3.8) is 0 Å². The van der Waals surface area contributed by atoms with Crippen LogP contribution in [-0.4, -0.2) is 6.54 Å². The second-order valence-corrected chi connectivity index (χ2v) is 5.44. The van der Waals surface area contributed by atoms with E-state index in [2.05, 4.69) is 58.9 Å². The molecule has 1 N–H and O–H groups in total. The fraction of sp³-hybridized carbons (Fsp3) is 0.421. The molecule has 0 saturated carbocycles. The summed E-state index contributed by atoms with van der Waals surface area (Å²) in [5, 5.41) is 0. The number of halogens is 2. The van der Waals surface area contributed by atoms with Gasteiger partial charge in [0, 0.05) is 0 Å². The Hall–Kier alpha value is -0.176. The SMILES string of the molecule is CCCC[NH-].Cl.Cl.[CH2-]c1ccccc1C1=C(C)C(C)=CC1C.[Ti+2]. The number of hydrogen-bond acceptors (Lipinski definition) is 0. The average Bonchev–Trinajstić information content (AvgIpc) is 2.66. The fourth-order valence-corrected chi connectivity index (χ4v) is 2.54. The zero-order chi connectivity index (χ0) is 15.1. The summed E-state index contributed by atoms with van der Waals surface area (Å²) in [7, 11) is 0. The first-order chi connectivity index (χ1) is 9.52. The van der Waals surface area contributed by atoms with Crippen molar-refractivity contribution in [2.45, 2.75) is 40.5 Å². The molecular formula is C19H29Cl2NTi. The third kappa shape index (κ3) is 7.96. The molecule has 4 heteroatoms. The molecule has 0 spiro atoms. The van der Waals surface area contributed by atoms with Crippen molar-refractivity contribution in [1.29, 1.82) is 0 Å². The first-order valence-corrected chi connectivity index (χ1v) is 7.48. The first kappa shape index (κ1) is 27.7. The molecule has 0 aromatic heterocycles. The van der Waals surface area contributed by atoms with Gasteiger partial charge in [-0.2, -0.15) is 25.1 Å². The van der Waals surface area contributed by atoms with E-state index < -0.39 is 0 Å². The molecule has 0 amide bonds. The van der Waals surface area contributed by atoms with Gasteiger partial charge in [-0.25, -0.2) is 0 Å². The van der Waals surface area contributed by atoms with Gasteiger partial charge in [0.25, 0.3) is 0 Å². The molecule has 1 aromatic rings. The maximum atomic E-state index is 6.60. The monoisotopic (exact) mass is 389 g/mol. The van der Waals surface area contributed by atoms with Gasteiger partial charge in [0.2, 0.25) is 0 Å². The summed E-state index contributed by atoms with van der Waals surface area (Å²) >= 11 is 0. The molecule has 0 bridgehead atoms. The molecule has 1 nitrogen and oxygen atoms in total. The minimum atomic E-state index is 0. The normalized spacial score (nSPS) is 15.3. The molecular weight excluding hydrogens is 361 g/mol. The molecule has 1 atom stereocenters. The second-order valence-electron chi connectivity index (χ2n) is 5.44. The number of hydrogen-bond donors (Lipinski definition) is 0. The molecule has 0 fully saturated rings. The molecule has 128 valence electrons. The van der Waals surface area contributed by atoms with Crippen LogP contribution in [0.4, 0.5) is 0 Å². The van der Waals surface area contributed by atoms with Crippen LogP contribution >= 0.6 is 24.8 Å². The van der Waals surface area contributed by atoms with Crippen molar-refractivity contribution in [2.24, 2.45) is 5.92 Å². The van der Waals surface area contributed by atoms with Gasteiger partial charge in [-0.15, -0.1) is 42.5 Å². The Kier molecular flexibility index (Phi) is 17.1. The predicted molar refractivity (Wildman–Crippen MR) is 105 cm³/mol. The molecule has 23 heavy (non-hydrogen) atoms. The molecule has 1 aliphatic rings. The average molecular weight is 390 g/mol. The Bertz CT molecular complexity index is 508. The molecule has 1 aromatic carbocycles. The number of rotatable bonds is 3. The molecule has 1 aliphatic carbocycles. The van der Waals surface area contributed by atoms with Gasteiger partial charge < -0.3 is 5.73 Å². The van der Waals surface area contributed by atoms with E-state index in [4.69, 9.17) is 5.73 Å². The summed E-state index contributed by atoms with van der Waals surface area (Å²) in [5.41, 5.74) is 13.3. The third-order valence-corrected chi connectivity index (χ3v) is 3.79. The maximum Gasteiger partial charge on any atom is 2.00 e. The molecule has 2 rings (SSSR count). The van der Waals surface area contributed by atoms with Crippen LogP contribution in [0.2, 0.25) is 0 Å². The van der Waals surface area contributed by atoms with Crippen LogP contribution in [0.5, 0.6) is 0 Å². The summed E-state index contributed by atoms with van der Waals surface area (Å²) in [6.45, 7) is 13.4. The topological polar surface area (TPSA) is 23.8 Å². The Balaban J connectivity index is -0.000000444. The minimum absolute atomic E-state index is 0. The summed E-state index contributed by atoms with van der Waals surface area (Å²) in [6, 6.07) is 8.38. The number of allylic oxidation sites excluding steroid dienone is 4.